The fraction of sp³-hybridized carbons (Fsp3) is 0.889. The topological polar surface area (TPSA) is 75.2 Å². The molecule has 3 fully saturated rings. The molecule has 0 aromatic carbocycles. The number of hydrogen-bond acceptors (Lipinski definition) is 4. The average molecular weight is 480 g/mol. The molecule has 1 aliphatic heterocycles. The van der Waals surface area contributed by atoms with Crippen LogP contribution in [0.4, 0.5) is 0 Å². The summed E-state index contributed by atoms with van der Waals surface area (Å²) >= 11 is 0. The molecular weight excluding hydrogens is 447 g/mol. The van der Waals surface area contributed by atoms with Gasteiger partial charge < -0.3 is 25.0 Å². The number of aliphatic imine (C=N–C) groups is 1. The smallest absolute Gasteiger partial charge is 0.243 e. The number of likely N-dealkylation sites (N-methyl/N-ethyl adjacent to an activating group) is 1. The fourth-order valence-electron chi connectivity index (χ4n) is 4.15. The first-order valence-electron chi connectivity index (χ1n) is 9.48. The van der Waals surface area contributed by atoms with Crippen molar-refractivity contribution in [2.75, 3.05) is 40.4 Å². The van der Waals surface area contributed by atoms with Gasteiger partial charge in [-0.1, -0.05) is 6.42 Å². The lowest BCUT2D eigenvalue weighted by molar-refractivity contribution is -0.145. The molecule has 3 unspecified atom stereocenters. The lowest BCUT2D eigenvalue weighted by Crippen LogP contribution is -2.47. The first-order chi connectivity index (χ1) is 12.0. The summed E-state index contributed by atoms with van der Waals surface area (Å²) in [6.07, 6.45) is 5.98. The van der Waals surface area contributed by atoms with Crippen molar-refractivity contribution in [3.8, 4) is 0 Å². The molecule has 0 aromatic rings. The van der Waals surface area contributed by atoms with Crippen molar-refractivity contribution in [2.24, 2.45) is 16.8 Å². The largest absolute Gasteiger partial charge is 0.356 e. The van der Waals surface area contributed by atoms with Gasteiger partial charge in [0.05, 0.1) is 13.2 Å². The summed E-state index contributed by atoms with van der Waals surface area (Å²) in [7, 11) is 3.51. The summed E-state index contributed by atoms with van der Waals surface area (Å²) in [4.78, 5) is 17.9. The van der Waals surface area contributed by atoms with Gasteiger partial charge in [0.2, 0.25) is 5.91 Å². The molecule has 0 spiro atoms. The van der Waals surface area contributed by atoms with Crippen LogP contribution >= 0.6 is 24.0 Å². The number of ether oxygens (including phenoxy) is 2. The Morgan fingerprint density at radius 3 is 2.54 bits per heavy atom. The Bertz CT molecular complexity index is 509. The van der Waals surface area contributed by atoms with Crippen LogP contribution < -0.4 is 10.6 Å². The minimum atomic E-state index is -0.510. The number of guanidine groups is 1. The number of hydrogen-bond donors (Lipinski definition) is 2. The standard InChI is InChI=1S/C18H32N4O3.HI/c1-18(24-8-9-25-18)6-7-19-17(20-12-16(23)22(2)3)21-15-11-13-4-5-14(15)10-13;/h13-15H,4-12H2,1-3H3,(H2,19,20,21);1H. The number of fused-ring (bicyclic) bond motifs is 2. The van der Waals surface area contributed by atoms with Gasteiger partial charge in [-0.2, -0.15) is 0 Å². The van der Waals surface area contributed by atoms with Crippen LogP contribution in [-0.4, -0.2) is 69.0 Å². The molecule has 2 aliphatic carbocycles. The molecule has 0 radical (unpaired) electrons. The van der Waals surface area contributed by atoms with Gasteiger partial charge in [-0.05, 0) is 38.0 Å². The number of carbonyl (C=O) groups is 1. The van der Waals surface area contributed by atoms with Crippen molar-refractivity contribution < 1.29 is 14.3 Å². The summed E-state index contributed by atoms with van der Waals surface area (Å²) < 4.78 is 11.3. The summed E-state index contributed by atoms with van der Waals surface area (Å²) in [6, 6.07) is 0.481. The maximum Gasteiger partial charge on any atom is 0.243 e. The highest BCUT2D eigenvalue weighted by Gasteiger charge is 2.40. The highest BCUT2D eigenvalue weighted by Crippen LogP contribution is 2.44. The third kappa shape index (κ3) is 5.69. The second kappa shape index (κ2) is 9.54. The van der Waals surface area contributed by atoms with E-state index < -0.39 is 5.79 Å². The number of nitrogens with one attached hydrogen (secondary N) is 2. The molecule has 8 heteroatoms. The third-order valence-corrected chi connectivity index (χ3v) is 5.70. The molecule has 3 atom stereocenters. The molecular formula is C18H33IN4O3. The molecule has 3 aliphatic rings. The molecule has 3 rings (SSSR count). The number of amides is 1. The van der Waals surface area contributed by atoms with E-state index in [1.54, 1.807) is 19.0 Å². The minimum Gasteiger partial charge on any atom is -0.356 e. The van der Waals surface area contributed by atoms with Crippen LogP contribution in [0.15, 0.2) is 4.99 Å². The van der Waals surface area contributed by atoms with E-state index in [2.05, 4.69) is 15.6 Å². The summed E-state index contributed by atoms with van der Waals surface area (Å²) in [5.41, 5.74) is 0. The fourth-order valence-corrected chi connectivity index (χ4v) is 4.15. The van der Waals surface area contributed by atoms with Gasteiger partial charge in [0.1, 0.15) is 6.54 Å². The van der Waals surface area contributed by atoms with E-state index in [1.807, 2.05) is 6.92 Å². The first kappa shape index (κ1) is 21.7. The van der Waals surface area contributed by atoms with Crippen molar-refractivity contribution in [2.45, 2.75) is 50.9 Å². The zero-order valence-corrected chi connectivity index (χ0v) is 18.5. The van der Waals surface area contributed by atoms with E-state index in [1.165, 1.54) is 25.7 Å². The highest BCUT2D eigenvalue weighted by molar-refractivity contribution is 14.0. The van der Waals surface area contributed by atoms with Gasteiger partial charge in [0.25, 0.3) is 0 Å². The zero-order chi connectivity index (χ0) is 17.9. The van der Waals surface area contributed by atoms with Crippen LogP contribution in [-0.2, 0) is 14.3 Å². The average Bonchev–Trinajstić information content (AvgIpc) is 3.29. The van der Waals surface area contributed by atoms with Gasteiger partial charge in [-0.3, -0.25) is 4.79 Å². The predicted molar refractivity (Wildman–Crippen MR) is 112 cm³/mol. The molecule has 1 heterocycles. The van der Waals surface area contributed by atoms with Crippen molar-refractivity contribution in [3.05, 3.63) is 0 Å². The van der Waals surface area contributed by atoms with E-state index in [-0.39, 0.29) is 36.4 Å². The molecule has 1 amide bonds. The van der Waals surface area contributed by atoms with Crippen molar-refractivity contribution in [1.82, 2.24) is 15.5 Å². The SMILES string of the molecule is CN(C)C(=O)CN=C(NCCC1(C)OCCO1)NC1CC2CCC1C2.I. The lowest BCUT2D eigenvalue weighted by Gasteiger charge is -2.27. The van der Waals surface area contributed by atoms with E-state index >= 15 is 0 Å². The third-order valence-electron chi connectivity index (χ3n) is 5.70. The molecule has 26 heavy (non-hydrogen) atoms. The van der Waals surface area contributed by atoms with Gasteiger partial charge in [-0.15, -0.1) is 24.0 Å². The van der Waals surface area contributed by atoms with Crippen LogP contribution in [0.2, 0.25) is 0 Å². The van der Waals surface area contributed by atoms with Crippen molar-refractivity contribution in [3.63, 3.8) is 0 Å². The van der Waals surface area contributed by atoms with Crippen LogP contribution in [0.3, 0.4) is 0 Å². The van der Waals surface area contributed by atoms with Crippen LogP contribution in [0, 0.1) is 11.8 Å². The lowest BCUT2D eigenvalue weighted by atomic mass is 9.95. The second-order valence-electron chi connectivity index (χ2n) is 7.89. The Balaban J connectivity index is 0.00000243. The zero-order valence-electron chi connectivity index (χ0n) is 16.1. The van der Waals surface area contributed by atoms with Crippen LogP contribution in [0.25, 0.3) is 0 Å². The molecule has 0 aromatic heterocycles. The Kier molecular flexibility index (Phi) is 7.96. The molecule has 2 saturated carbocycles. The Morgan fingerprint density at radius 1 is 1.23 bits per heavy atom. The maximum atomic E-state index is 11.9. The molecule has 7 nitrogen and oxygen atoms in total. The summed E-state index contributed by atoms with van der Waals surface area (Å²) in [5, 5.41) is 6.93. The summed E-state index contributed by atoms with van der Waals surface area (Å²) in [6.45, 7) is 4.13. The number of halogens is 1. The van der Waals surface area contributed by atoms with Crippen LogP contribution in [0.5, 0.6) is 0 Å². The van der Waals surface area contributed by atoms with Crippen LogP contribution in [0.1, 0.15) is 39.0 Å². The van der Waals surface area contributed by atoms with E-state index in [4.69, 9.17) is 9.47 Å². The summed E-state index contributed by atoms with van der Waals surface area (Å²) in [5.74, 6) is 1.84. The highest BCUT2D eigenvalue weighted by atomic mass is 127. The Hall–Kier alpha value is -0.610. The quantitative estimate of drug-likeness (QED) is 0.343. The van der Waals surface area contributed by atoms with Crippen molar-refractivity contribution in [1.29, 1.82) is 0 Å². The van der Waals surface area contributed by atoms with Gasteiger partial charge in [-0.25, -0.2) is 4.99 Å². The molecule has 2 N–H and O–H groups in total. The minimum absolute atomic E-state index is 0. The van der Waals surface area contributed by atoms with Gasteiger partial charge >= 0.3 is 0 Å². The van der Waals surface area contributed by atoms with Gasteiger partial charge in [0, 0.05) is 33.1 Å². The second-order valence-corrected chi connectivity index (χ2v) is 7.89. The molecule has 1 saturated heterocycles. The normalized spacial score (nSPS) is 29.3. The number of carbonyl (C=O) groups excluding carboxylic acids is 1. The van der Waals surface area contributed by atoms with E-state index in [0.717, 1.165) is 24.2 Å². The monoisotopic (exact) mass is 480 g/mol. The Labute approximate surface area is 173 Å². The predicted octanol–water partition coefficient (Wildman–Crippen LogP) is 1.57. The molecule has 150 valence electrons. The number of nitrogens with zero attached hydrogens (tertiary/aromatic N) is 2. The molecule has 2 bridgehead atoms. The number of rotatable bonds is 6. The van der Waals surface area contributed by atoms with E-state index in [0.29, 0.717) is 25.8 Å². The van der Waals surface area contributed by atoms with Gasteiger partial charge in [0.15, 0.2) is 11.7 Å². The first-order valence-corrected chi connectivity index (χ1v) is 9.48. The maximum absolute atomic E-state index is 11.9. The van der Waals surface area contributed by atoms with Crippen molar-refractivity contribution >= 4 is 35.8 Å². The van der Waals surface area contributed by atoms with E-state index in [9.17, 15) is 4.79 Å². The Morgan fingerprint density at radius 2 is 1.96 bits per heavy atom.